The summed E-state index contributed by atoms with van der Waals surface area (Å²) in [6.45, 7) is 3.62. The molecule has 0 aliphatic carbocycles. The number of aliphatic hydroxyl groups is 1. The van der Waals surface area contributed by atoms with E-state index in [9.17, 15) is 13.2 Å². The predicted molar refractivity (Wildman–Crippen MR) is 59.2 cm³/mol. The van der Waals surface area contributed by atoms with Crippen molar-refractivity contribution in [2.24, 2.45) is 0 Å². The Morgan fingerprint density at radius 1 is 1.00 bits per heavy atom. The molecule has 0 spiro atoms. The Morgan fingerprint density at radius 3 is 2.00 bits per heavy atom. The molecule has 0 rings (SSSR count). The second-order valence-corrected chi connectivity index (χ2v) is 4.04. The van der Waals surface area contributed by atoms with Gasteiger partial charge in [0.1, 0.15) is 6.10 Å². The first-order valence-corrected chi connectivity index (χ1v) is 5.84. The lowest BCUT2D eigenvalue weighted by Gasteiger charge is -2.13. The number of hydrogen-bond acceptors (Lipinski definition) is 1. The molecule has 0 fully saturated rings. The maximum Gasteiger partial charge on any atom is 0.414 e. The molecule has 0 amide bonds. The van der Waals surface area contributed by atoms with Gasteiger partial charge in [-0.25, -0.2) is 0 Å². The van der Waals surface area contributed by atoms with Crippen molar-refractivity contribution in [3.63, 3.8) is 0 Å². The second-order valence-electron chi connectivity index (χ2n) is 4.04. The van der Waals surface area contributed by atoms with E-state index in [1.54, 1.807) is 0 Å². The van der Waals surface area contributed by atoms with Crippen LogP contribution in [0.25, 0.3) is 0 Å². The van der Waals surface area contributed by atoms with Crippen LogP contribution in [0.1, 0.15) is 51.4 Å². The topological polar surface area (TPSA) is 20.2 Å². The van der Waals surface area contributed by atoms with E-state index in [-0.39, 0.29) is 6.42 Å². The summed E-state index contributed by atoms with van der Waals surface area (Å²) >= 11 is 0. The zero-order valence-corrected chi connectivity index (χ0v) is 9.60. The van der Waals surface area contributed by atoms with Gasteiger partial charge in [0.15, 0.2) is 0 Å². The first kappa shape index (κ1) is 15.5. The Kier molecular flexibility index (Phi) is 8.35. The summed E-state index contributed by atoms with van der Waals surface area (Å²) in [5.74, 6) is 0. The monoisotopic (exact) mass is 238 g/mol. The Morgan fingerprint density at radius 2 is 1.50 bits per heavy atom. The highest BCUT2D eigenvalue weighted by molar-refractivity contribution is 4.66. The van der Waals surface area contributed by atoms with Crippen molar-refractivity contribution in [2.75, 3.05) is 0 Å². The van der Waals surface area contributed by atoms with E-state index in [0.29, 0.717) is 6.42 Å². The maximum atomic E-state index is 11.9. The predicted octanol–water partition coefficient (Wildman–Crippen LogP) is 4.22. The van der Waals surface area contributed by atoms with Crippen LogP contribution in [0.4, 0.5) is 13.2 Å². The number of hydrogen-bond donors (Lipinski definition) is 1. The molecule has 1 unspecified atom stereocenters. The molecule has 1 atom stereocenters. The van der Waals surface area contributed by atoms with E-state index in [2.05, 4.69) is 6.58 Å². The van der Waals surface area contributed by atoms with E-state index in [1.165, 1.54) is 0 Å². The third kappa shape index (κ3) is 8.77. The Balaban J connectivity index is 3.24. The number of unbranched alkanes of at least 4 members (excludes halogenated alkanes) is 6. The Bertz CT molecular complexity index is 178. The largest absolute Gasteiger partial charge is 0.414 e. The lowest BCUT2D eigenvalue weighted by atomic mass is 10.1. The van der Waals surface area contributed by atoms with Crippen LogP contribution < -0.4 is 0 Å². The lowest BCUT2D eigenvalue weighted by molar-refractivity contribution is -0.205. The highest BCUT2D eigenvalue weighted by Crippen LogP contribution is 2.24. The van der Waals surface area contributed by atoms with Gasteiger partial charge in [-0.05, 0) is 19.3 Å². The van der Waals surface area contributed by atoms with Gasteiger partial charge in [-0.15, -0.1) is 6.58 Å². The van der Waals surface area contributed by atoms with Crippen molar-refractivity contribution in [3.8, 4) is 0 Å². The number of aliphatic hydroxyl groups excluding tert-OH is 1. The Labute approximate surface area is 95.4 Å². The molecule has 0 saturated heterocycles. The van der Waals surface area contributed by atoms with Gasteiger partial charge >= 0.3 is 6.18 Å². The standard InChI is InChI=1S/C12H21F3O/c1-2-3-4-5-6-7-8-9-10-11(16)12(13,14)15/h2,11,16H,1,3-10H2. The van der Waals surface area contributed by atoms with Crippen LogP contribution in [0, 0.1) is 0 Å². The minimum Gasteiger partial charge on any atom is -0.384 e. The number of allylic oxidation sites excluding steroid dienone is 1. The van der Waals surface area contributed by atoms with Crippen LogP contribution in [0.2, 0.25) is 0 Å². The summed E-state index contributed by atoms with van der Waals surface area (Å²) in [7, 11) is 0. The highest BCUT2D eigenvalue weighted by atomic mass is 19.4. The minimum absolute atomic E-state index is 0.170. The average Bonchev–Trinajstić information content (AvgIpc) is 2.20. The van der Waals surface area contributed by atoms with Crippen molar-refractivity contribution in [2.45, 2.75) is 63.6 Å². The number of alkyl halides is 3. The molecule has 1 nitrogen and oxygen atoms in total. The molecule has 16 heavy (non-hydrogen) atoms. The fraction of sp³-hybridized carbons (Fsp3) is 0.833. The Hall–Kier alpha value is -0.510. The van der Waals surface area contributed by atoms with Crippen molar-refractivity contribution >= 4 is 0 Å². The smallest absolute Gasteiger partial charge is 0.384 e. The van der Waals surface area contributed by atoms with Gasteiger partial charge in [-0.2, -0.15) is 13.2 Å². The molecule has 0 aliphatic heterocycles. The fourth-order valence-corrected chi connectivity index (χ4v) is 1.50. The van der Waals surface area contributed by atoms with E-state index in [4.69, 9.17) is 5.11 Å². The summed E-state index contributed by atoms with van der Waals surface area (Å²) < 4.78 is 35.7. The number of rotatable bonds is 9. The molecule has 0 aromatic rings. The zero-order chi connectivity index (χ0) is 12.4. The molecule has 0 aliphatic rings. The van der Waals surface area contributed by atoms with Crippen LogP contribution in [-0.2, 0) is 0 Å². The molecular formula is C12H21F3O. The third-order valence-electron chi connectivity index (χ3n) is 2.51. The quantitative estimate of drug-likeness (QED) is 0.471. The maximum absolute atomic E-state index is 11.9. The van der Waals surface area contributed by atoms with Crippen LogP contribution in [-0.4, -0.2) is 17.4 Å². The lowest BCUT2D eigenvalue weighted by Crippen LogP contribution is -2.28. The van der Waals surface area contributed by atoms with Gasteiger partial charge in [0.2, 0.25) is 0 Å². The first-order chi connectivity index (χ1) is 7.48. The molecule has 0 heterocycles. The zero-order valence-electron chi connectivity index (χ0n) is 9.60. The molecule has 4 heteroatoms. The molecular weight excluding hydrogens is 217 g/mol. The summed E-state index contributed by atoms with van der Waals surface area (Å²) in [6, 6.07) is 0. The normalized spacial score (nSPS) is 13.8. The van der Waals surface area contributed by atoms with Crippen molar-refractivity contribution in [1.29, 1.82) is 0 Å². The number of halogens is 3. The van der Waals surface area contributed by atoms with Crippen molar-refractivity contribution < 1.29 is 18.3 Å². The minimum atomic E-state index is -4.45. The van der Waals surface area contributed by atoms with Crippen LogP contribution >= 0.6 is 0 Å². The summed E-state index contributed by atoms with van der Waals surface area (Å²) in [5.41, 5.74) is 0. The SMILES string of the molecule is C=CCCCCCCCCC(O)C(F)(F)F. The summed E-state index contributed by atoms with van der Waals surface area (Å²) in [5, 5.41) is 8.72. The van der Waals surface area contributed by atoms with E-state index in [1.807, 2.05) is 6.08 Å². The van der Waals surface area contributed by atoms with Gasteiger partial charge in [-0.3, -0.25) is 0 Å². The van der Waals surface area contributed by atoms with Crippen LogP contribution in [0.5, 0.6) is 0 Å². The molecule has 0 saturated carbocycles. The summed E-state index contributed by atoms with van der Waals surface area (Å²) in [4.78, 5) is 0. The van der Waals surface area contributed by atoms with Crippen molar-refractivity contribution in [3.05, 3.63) is 12.7 Å². The van der Waals surface area contributed by atoms with E-state index in [0.717, 1.165) is 38.5 Å². The summed E-state index contributed by atoms with van der Waals surface area (Å²) in [6.07, 6.45) is 1.53. The molecule has 1 N–H and O–H groups in total. The molecule has 0 aromatic carbocycles. The van der Waals surface area contributed by atoms with Crippen molar-refractivity contribution in [1.82, 2.24) is 0 Å². The van der Waals surface area contributed by atoms with Gasteiger partial charge in [0.25, 0.3) is 0 Å². The molecule has 0 radical (unpaired) electrons. The second kappa shape index (κ2) is 8.62. The van der Waals surface area contributed by atoms with E-state index >= 15 is 0 Å². The van der Waals surface area contributed by atoms with Crippen LogP contribution in [0.15, 0.2) is 12.7 Å². The van der Waals surface area contributed by atoms with Gasteiger partial charge < -0.3 is 5.11 Å². The fourth-order valence-electron chi connectivity index (χ4n) is 1.50. The average molecular weight is 238 g/mol. The van der Waals surface area contributed by atoms with Crippen LogP contribution in [0.3, 0.4) is 0 Å². The van der Waals surface area contributed by atoms with Gasteiger partial charge in [-0.1, -0.05) is 38.2 Å². The molecule has 0 aromatic heterocycles. The highest BCUT2D eigenvalue weighted by Gasteiger charge is 2.37. The third-order valence-corrected chi connectivity index (χ3v) is 2.51. The van der Waals surface area contributed by atoms with Gasteiger partial charge in [0.05, 0.1) is 0 Å². The first-order valence-electron chi connectivity index (χ1n) is 5.84. The van der Waals surface area contributed by atoms with Gasteiger partial charge in [0, 0.05) is 0 Å². The molecule has 0 bridgehead atoms. The van der Waals surface area contributed by atoms with E-state index < -0.39 is 12.3 Å². The molecule has 96 valence electrons.